The Morgan fingerprint density at radius 2 is 2.00 bits per heavy atom. The summed E-state index contributed by atoms with van der Waals surface area (Å²) in [6.45, 7) is 0. The Labute approximate surface area is 70.6 Å². The van der Waals surface area contributed by atoms with Crippen molar-refractivity contribution >= 4 is 11.0 Å². The third-order valence-electron chi connectivity index (χ3n) is 1.19. The van der Waals surface area contributed by atoms with Gasteiger partial charge in [-0.15, -0.1) is 0 Å². The van der Waals surface area contributed by atoms with Crippen molar-refractivity contribution in [2.45, 2.75) is 0 Å². The molecule has 2 aromatic rings. The fourth-order valence-electron chi connectivity index (χ4n) is 0.752. The maximum atomic E-state index is 3.76. The van der Waals surface area contributed by atoms with Gasteiger partial charge in [-0.3, -0.25) is 5.21 Å². The van der Waals surface area contributed by atoms with Crippen LogP contribution in [0.1, 0.15) is 0 Å². The molecule has 0 aliphatic heterocycles. The summed E-state index contributed by atoms with van der Waals surface area (Å²) < 4.78 is 0. The second-order valence-electron chi connectivity index (χ2n) is 1.78. The molecule has 0 fully saturated rings. The molecule has 0 aliphatic carbocycles. The van der Waals surface area contributed by atoms with E-state index in [1.54, 1.807) is 0 Å². The smallest absolute Gasteiger partial charge is 0 e. The summed E-state index contributed by atoms with van der Waals surface area (Å²) in [6, 6.07) is 7.60. The number of hydrogen-bond donors (Lipinski definition) is 0. The molecule has 1 aromatic carbocycles. The molecule has 10 heavy (non-hydrogen) atoms. The average molecular weight is 184 g/mol. The predicted molar refractivity (Wildman–Crippen MR) is 32.9 cm³/mol. The van der Waals surface area contributed by atoms with Gasteiger partial charge in [0, 0.05) is 19.5 Å². The van der Waals surface area contributed by atoms with Crippen LogP contribution < -0.4 is 5.10 Å². The fourth-order valence-corrected chi connectivity index (χ4v) is 0.752. The van der Waals surface area contributed by atoms with E-state index in [2.05, 4.69) is 15.4 Å². The number of fused-ring (bicyclic) bond motifs is 1. The molecule has 0 spiro atoms. The number of aromatic nitrogens is 3. The molecule has 0 aliphatic rings. The van der Waals surface area contributed by atoms with Gasteiger partial charge in [0.1, 0.15) is 0 Å². The van der Waals surface area contributed by atoms with E-state index in [9.17, 15) is 0 Å². The van der Waals surface area contributed by atoms with Gasteiger partial charge < -0.3 is 10.2 Å². The first-order chi connectivity index (χ1) is 4.47. The van der Waals surface area contributed by atoms with Gasteiger partial charge in [-0.1, -0.05) is 24.3 Å². The summed E-state index contributed by atoms with van der Waals surface area (Å²) in [7, 11) is 0. The predicted octanol–water partition coefficient (Wildman–Crippen LogP) is 0.584. The van der Waals surface area contributed by atoms with Crippen molar-refractivity contribution in [3.8, 4) is 0 Å². The quantitative estimate of drug-likeness (QED) is 0.561. The van der Waals surface area contributed by atoms with Gasteiger partial charge in [0.25, 0.3) is 0 Å². The van der Waals surface area contributed by atoms with Crippen molar-refractivity contribution in [2.24, 2.45) is 0 Å². The summed E-state index contributed by atoms with van der Waals surface area (Å²) in [6.07, 6.45) is 0. The Hall–Kier alpha value is -0.757. The molecule has 1 aromatic heterocycles. The second-order valence-corrected chi connectivity index (χ2v) is 1.78. The van der Waals surface area contributed by atoms with E-state index in [0.29, 0.717) is 0 Å². The van der Waals surface area contributed by atoms with Crippen molar-refractivity contribution < 1.29 is 19.5 Å². The van der Waals surface area contributed by atoms with E-state index < -0.39 is 0 Å². The molecule has 46 valence electrons. The van der Waals surface area contributed by atoms with Gasteiger partial charge in [0.15, 0.2) is 0 Å². The Morgan fingerprint density at radius 1 is 1.20 bits per heavy atom. The van der Waals surface area contributed by atoms with Crippen LogP contribution in [0.4, 0.5) is 0 Å². The molecule has 0 saturated heterocycles. The van der Waals surface area contributed by atoms with Crippen LogP contribution in [0.2, 0.25) is 0 Å². The first-order valence-corrected chi connectivity index (χ1v) is 2.67. The van der Waals surface area contributed by atoms with E-state index in [0.717, 1.165) is 11.0 Å². The van der Waals surface area contributed by atoms with Gasteiger partial charge in [-0.25, -0.2) is 0 Å². The molecule has 0 unspecified atom stereocenters. The zero-order valence-corrected chi connectivity index (χ0v) is 8.33. The van der Waals surface area contributed by atoms with Gasteiger partial charge >= 0.3 is 0 Å². The van der Waals surface area contributed by atoms with E-state index in [4.69, 9.17) is 0 Å². The van der Waals surface area contributed by atoms with Crippen LogP contribution in [0, 0.1) is 0 Å². The first-order valence-electron chi connectivity index (χ1n) is 2.67. The third-order valence-corrected chi connectivity index (χ3v) is 1.19. The number of benzene rings is 1. The molecule has 2 rings (SSSR count). The van der Waals surface area contributed by atoms with Crippen LogP contribution in [0.5, 0.6) is 0 Å². The van der Waals surface area contributed by atoms with Gasteiger partial charge in [0.2, 0.25) is 0 Å². The first kappa shape index (κ1) is 7.35. The Morgan fingerprint density at radius 3 is 2.80 bits per heavy atom. The summed E-state index contributed by atoms with van der Waals surface area (Å²) >= 11 is 0. The molecule has 0 atom stereocenters. The van der Waals surface area contributed by atoms with Gasteiger partial charge in [-0.2, -0.15) is 0 Å². The normalized spacial score (nSPS) is 9.20. The van der Waals surface area contributed by atoms with Crippen molar-refractivity contribution in [1.29, 1.82) is 0 Å². The minimum atomic E-state index is 0. The third kappa shape index (κ3) is 1.07. The molecule has 0 N–H and O–H groups in total. The van der Waals surface area contributed by atoms with Crippen LogP contribution in [-0.2, 0) is 19.5 Å². The van der Waals surface area contributed by atoms with E-state index in [1.165, 1.54) is 0 Å². The molecule has 4 heteroatoms. The van der Waals surface area contributed by atoms with E-state index in [1.807, 2.05) is 24.3 Å². The average Bonchev–Trinajstić information content (AvgIpc) is 2.33. The fraction of sp³-hybridized carbons (Fsp3) is 0. The molecule has 0 saturated carbocycles. The van der Waals surface area contributed by atoms with Crippen LogP contribution in [0.3, 0.4) is 0 Å². The van der Waals surface area contributed by atoms with E-state index in [-0.39, 0.29) is 19.5 Å². The summed E-state index contributed by atoms with van der Waals surface area (Å²) in [5.74, 6) is 0. The summed E-state index contributed by atoms with van der Waals surface area (Å²) in [4.78, 5) is 0. The summed E-state index contributed by atoms with van der Waals surface area (Å²) in [5.41, 5.74) is 1.72. The summed E-state index contributed by atoms with van der Waals surface area (Å²) in [5, 5.41) is 11.0. The standard InChI is InChI=1S/C6H4N3.Zn/c1-2-4-6-5(3-1)7-9-8-6;/h1-4H;/q-1;. The van der Waals surface area contributed by atoms with Gasteiger partial charge in [0.05, 0.1) is 0 Å². The number of rotatable bonds is 0. The van der Waals surface area contributed by atoms with Crippen LogP contribution in [-0.4, -0.2) is 10.3 Å². The van der Waals surface area contributed by atoms with E-state index >= 15 is 0 Å². The molecule has 0 radical (unpaired) electrons. The number of hydrogen-bond acceptors (Lipinski definition) is 2. The van der Waals surface area contributed by atoms with Crippen LogP contribution >= 0.6 is 0 Å². The monoisotopic (exact) mass is 182 g/mol. The minimum absolute atomic E-state index is 0. The zero-order chi connectivity index (χ0) is 6.10. The SMILES string of the molecule is [Zn].c1ccc2[n-]nnc2c1. The maximum absolute atomic E-state index is 3.76. The molecule has 0 amide bonds. The van der Waals surface area contributed by atoms with Gasteiger partial charge in [-0.05, 0) is 11.0 Å². The molecule has 1 heterocycles. The maximum Gasteiger partial charge on any atom is 0 e. The topological polar surface area (TPSA) is 39.9 Å². The molecule has 0 bridgehead atoms. The Kier molecular flexibility index (Phi) is 2.12. The van der Waals surface area contributed by atoms with Crippen molar-refractivity contribution in [3.63, 3.8) is 0 Å². The van der Waals surface area contributed by atoms with Crippen LogP contribution in [0.15, 0.2) is 24.3 Å². The molecule has 3 nitrogen and oxygen atoms in total. The zero-order valence-electron chi connectivity index (χ0n) is 5.36. The molecular formula is C6H4N3Zn-. The minimum Gasteiger partial charge on any atom is -0.350 e. The van der Waals surface area contributed by atoms with Crippen molar-refractivity contribution in [1.82, 2.24) is 15.4 Å². The largest absolute Gasteiger partial charge is 0.350 e. The Balaban J connectivity index is 0.000000500. The van der Waals surface area contributed by atoms with Crippen molar-refractivity contribution in [2.75, 3.05) is 0 Å². The Bertz CT molecular complexity index is 287. The van der Waals surface area contributed by atoms with Crippen molar-refractivity contribution in [3.05, 3.63) is 24.3 Å². The second kappa shape index (κ2) is 2.89. The molecular weight excluding hydrogens is 179 g/mol. The van der Waals surface area contributed by atoms with Crippen LogP contribution in [0.25, 0.3) is 11.0 Å². The number of nitrogens with zero attached hydrogens (tertiary/aromatic N) is 3.